The van der Waals surface area contributed by atoms with E-state index >= 15 is 0 Å². The SMILES string of the molecule is NC(=O)c1ccc(Nc2ncc3c(n2)-c2ccc(C(=O)O)cc2N(c2c(F)cccc2F)CC3)cc1. The molecule has 0 saturated heterocycles. The average Bonchev–Trinajstić information content (AvgIpc) is 3.01. The lowest BCUT2D eigenvalue weighted by Crippen LogP contribution is -2.22. The largest absolute Gasteiger partial charge is 0.478 e. The van der Waals surface area contributed by atoms with Crippen molar-refractivity contribution in [2.75, 3.05) is 16.8 Å². The number of hydrogen-bond acceptors (Lipinski definition) is 6. The molecule has 0 radical (unpaired) electrons. The van der Waals surface area contributed by atoms with E-state index in [2.05, 4.69) is 15.3 Å². The van der Waals surface area contributed by atoms with Crippen molar-refractivity contribution in [1.82, 2.24) is 9.97 Å². The molecule has 1 amide bonds. The number of benzene rings is 3. The molecule has 0 atom stereocenters. The van der Waals surface area contributed by atoms with Gasteiger partial charge in [-0.15, -0.1) is 0 Å². The molecule has 0 bridgehead atoms. The minimum atomic E-state index is -1.17. The first-order valence-electron chi connectivity index (χ1n) is 10.9. The van der Waals surface area contributed by atoms with Crippen LogP contribution in [0.1, 0.15) is 26.3 Å². The maximum Gasteiger partial charge on any atom is 0.335 e. The van der Waals surface area contributed by atoms with E-state index in [1.165, 1.54) is 23.1 Å². The van der Waals surface area contributed by atoms with Gasteiger partial charge >= 0.3 is 5.97 Å². The van der Waals surface area contributed by atoms with Gasteiger partial charge in [0.05, 0.1) is 16.9 Å². The number of fused-ring (bicyclic) bond motifs is 3. The third kappa shape index (κ3) is 4.20. The summed E-state index contributed by atoms with van der Waals surface area (Å²) >= 11 is 0. The third-order valence-electron chi connectivity index (χ3n) is 5.89. The Kier molecular flexibility index (Phi) is 5.77. The maximum absolute atomic E-state index is 14.8. The maximum atomic E-state index is 14.8. The van der Waals surface area contributed by atoms with Gasteiger partial charge in [0.1, 0.15) is 17.3 Å². The average molecular weight is 487 g/mol. The number of aromatic nitrogens is 2. The highest BCUT2D eigenvalue weighted by Crippen LogP contribution is 2.41. The molecule has 8 nitrogen and oxygen atoms in total. The van der Waals surface area contributed by atoms with Gasteiger partial charge < -0.3 is 21.1 Å². The number of carboxylic acid groups (broad SMARTS) is 1. The normalized spacial score (nSPS) is 12.3. The number of nitrogens with one attached hydrogen (secondary N) is 1. The molecule has 5 rings (SSSR count). The fourth-order valence-electron chi connectivity index (χ4n) is 4.15. The molecule has 1 aliphatic rings. The number of anilines is 4. The smallest absolute Gasteiger partial charge is 0.335 e. The van der Waals surface area contributed by atoms with Crippen molar-refractivity contribution in [3.63, 3.8) is 0 Å². The minimum absolute atomic E-state index is 0.0270. The molecule has 3 aromatic carbocycles. The molecule has 2 heterocycles. The van der Waals surface area contributed by atoms with Gasteiger partial charge in [-0.1, -0.05) is 6.07 Å². The van der Waals surface area contributed by atoms with Crippen molar-refractivity contribution < 1.29 is 23.5 Å². The Morgan fingerprint density at radius 2 is 1.69 bits per heavy atom. The van der Waals surface area contributed by atoms with Crippen molar-refractivity contribution in [1.29, 1.82) is 0 Å². The number of para-hydroxylation sites is 1. The summed E-state index contributed by atoms with van der Waals surface area (Å²) in [4.78, 5) is 33.4. The first-order chi connectivity index (χ1) is 17.3. The molecule has 1 aliphatic heterocycles. The van der Waals surface area contributed by atoms with Gasteiger partial charge in [-0.25, -0.2) is 23.5 Å². The molecule has 36 heavy (non-hydrogen) atoms. The fourth-order valence-corrected chi connectivity index (χ4v) is 4.15. The molecule has 0 aliphatic carbocycles. The number of rotatable bonds is 5. The summed E-state index contributed by atoms with van der Waals surface area (Å²) in [5.74, 6) is -2.99. The lowest BCUT2D eigenvalue weighted by atomic mass is 10.0. The van der Waals surface area contributed by atoms with Gasteiger partial charge in [-0.3, -0.25) is 4.79 Å². The van der Waals surface area contributed by atoms with E-state index in [0.29, 0.717) is 34.6 Å². The molecule has 0 saturated carbocycles. The zero-order chi connectivity index (χ0) is 25.4. The molecule has 10 heteroatoms. The Morgan fingerprint density at radius 1 is 1.00 bits per heavy atom. The highest BCUT2D eigenvalue weighted by molar-refractivity contribution is 5.94. The van der Waals surface area contributed by atoms with Crippen molar-refractivity contribution >= 4 is 34.9 Å². The standard InChI is InChI=1S/C26H19F2N5O3/c27-19-2-1-3-20(28)23(19)33-11-10-16-13-30-26(31-17-7-4-14(5-8-17)24(29)34)32-22(16)18-9-6-15(25(35)36)12-21(18)33/h1-9,12-13H,10-11H2,(H2,29,34)(H,35,36)(H,30,31,32). The predicted molar refractivity (Wildman–Crippen MR) is 130 cm³/mol. The zero-order valence-electron chi connectivity index (χ0n) is 18.7. The number of halogens is 2. The van der Waals surface area contributed by atoms with E-state index in [1.807, 2.05) is 0 Å². The van der Waals surface area contributed by atoms with Crippen LogP contribution in [0.3, 0.4) is 0 Å². The molecular weight excluding hydrogens is 468 g/mol. The van der Waals surface area contributed by atoms with Crippen molar-refractivity contribution in [2.45, 2.75) is 6.42 Å². The molecule has 4 aromatic rings. The van der Waals surface area contributed by atoms with Crippen molar-refractivity contribution in [3.8, 4) is 11.3 Å². The number of aromatic carboxylic acids is 1. The summed E-state index contributed by atoms with van der Waals surface area (Å²) in [6.45, 7) is 0.172. The highest BCUT2D eigenvalue weighted by atomic mass is 19.1. The monoisotopic (exact) mass is 487 g/mol. The van der Waals surface area contributed by atoms with E-state index in [4.69, 9.17) is 5.73 Å². The number of amides is 1. The second-order valence-corrected chi connectivity index (χ2v) is 8.14. The Bertz CT molecular complexity index is 1490. The molecule has 0 spiro atoms. The molecular formula is C26H19F2N5O3. The zero-order valence-corrected chi connectivity index (χ0v) is 18.7. The van der Waals surface area contributed by atoms with Gasteiger partial charge in [-0.2, -0.15) is 0 Å². The minimum Gasteiger partial charge on any atom is -0.478 e. The Balaban J connectivity index is 1.61. The lowest BCUT2D eigenvalue weighted by molar-refractivity contribution is 0.0696. The van der Waals surface area contributed by atoms with Crippen LogP contribution < -0.4 is 16.0 Å². The van der Waals surface area contributed by atoms with Gasteiger partial charge in [0, 0.05) is 29.6 Å². The van der Waals surface area contributed by atoms with E-state index < -0.39 is 23.5 Å². The molecule has 0 unspecified atom stereocenters. The van der Waals surface area contributed by atoms with Gasteiger partial charge in [0.2, 0.25) is 11.9 Å². The summed E-state index contributed by atoms with van der Waals surface area (Å²) in [5, 5.41) is 12.6. The molecule has 1 aromatic heterocycles. The van der Waals surface area contributed by atoms with Crippen LogP contribution in [0.4, 0.5) is 31.8 Å². The quantitative estimate of drug-likeness (QED) is 0.374. The predicted octanol–water partition coefficient (Wildman–Crippen LogP) is 4.66. The van der Waals surface area contributed by atoms with Crippen molar-refractivity contribution in [2.24, 2.45) is 5.73 Å². The number of hydrogen-bond donors (Lipinski definition) is 3. The van der Waals surface area contributed by atoms with Crippen LogP contribution in [-0.2, 0) is 6.42 Å². The summed E-state index contributed by atoms with van der Waals surface area (Å²) < 4.78 is 29.5. The number of carboxylic acids is 1. The Hall–Kier alpha value is -4.86. The first kappa shape index (κ1) is 22.9. The molecule has 180 valence electrons. The summed E-state index contributed by atoms with van der Waals surface area (Å²) in [5.41, 5.74) is 8.01. The van der Waals surface area contributed by atoms with E-state index in [9.17, 15) is 23.5 Å². The summed E-state index contributed by atoms with van der Waals surface area (Å²) in [6, 6.07) is 14.4. The number of nitrogens with zero attached hydrogens (tertiary/aromatic N) is 3. The van der Waals surface area contributed by atoms with Crippen molar-refractivity contribution in [3.05, 3.63) is 95.2 Å². The second-order valence-electron chi connectivity index (χ2n) is 8.14. The van der Waals surface area contributed by atoms with Crippen LogP contribution >= 0.6 is 0 Å². The lowest BCUT2D eigenvalue weighted by Gasteiger charge is -2.26. The van der Waals surface area contributed by atoms with Crippen LogP contribution in [-0.4, -0.2) is 33.5 Å². The highest BCUT2D eigenvalue weighted by Gasteiger charge is 2.27. The van der Waals surface area contributed by atoms with Crippen LogP contribution in [0.15, 0.2) is 66.9 Å². The topological polar surface area (TPSA) is 121 Å². The number of nitrogens with two attached hydrogens (primary N) is 1. The first-order valence-corrected chi connectivity index (χ1v) is 10.9. The van der Waals surface area contributed by atoms with Gasteiger partial charge in [-0.05, 0) is 66.6 Å². The second kappa shape index (κ2) is 9.06. The Labute approximate surface area is 204 Å². The number of carbonyl (C=O) groups excluding carboxylic acids is 1. The third-order valence-corrected chi connectivity index (χ3v) is 5.89. The fraction of sp³-hybridized carbons (Fsp3) is 0.0769. The number of carbonyl (C=O) groups is 2. The number of primary amides is 1. The van der Waals surface area contributed by atoms with E-state index in [-0.39, 0.29) is 23.7 Å². The van der Waals surface area contributed by atoms with E-state index in [1.54, 1.807) is 36.5 Å². The van der Waals surface area contributed by atoms with Crippen LogP contribution in [0.2, 0.25) is 0 Å². The van der Waals surface area contributed by atoms with Crippen LogP contribution in [0.5, 0.6) is 0 Å². The molecule has 0 fully saturated rings. The Morgan fingerprint density at radius 3 is 2.36 bits per heavy atom. The van der Waals surface area contributed by atoms with Crippen LogP contribution in [0, 0.1) is 11.6 Å². The van der Waals surface area contributed by atoms with Gasteiger partial charge in [0.25, 0.3) is 0 Å². The summed E-state index contributed by atoms with van der Waals surface area (Å²) in [6.07, 6.45) is 1.98. The van der Waals surface area contributed by atoms with E-state index in [0.717, 1.165) is 17.7 Å². The van der Waals surface area contributed by atoms with Crippen LogP contribution in [0.25, 0.3) is 11.3 Å². The van der Waals surface area contributed by atoms with Gasteiger partial charge in [0.15, 0.2) is 0 Å². The summed E-state index contributed by atoms with van der Waals surface area (Å²) in [7, 11) is 0. The molecule has 4 N–H and O–H groups in total.